The van der Waals surface area contributed by atoms with E-state index in [0.29, 0.717) is 11.1 Å². The lowest BCUT2D eigenvalue weighted by atomic mass is 10.0. The summed E-state index contributed by atoms with van der Waals surface area (Å²) in [5.41, 5.74) is 0.606. The van der Waals surface area contributed by atoms with Gasteiger partial charge in [-0.05, 0) is 18.6 Å². The van der Waals surface area contributed by atoms with Crippen LogP contribution in [0.5, 0.6) is 0 Å². The van der Waals surface area contributed by atoms with E-state index in [1.54, 1.807) is 24.3 Å². The maximum absolute atomic E-state index is 12.2. The van der Waals surface area contributed by atoms with Gasteiger partial charge in [-0.1, -0.05) is 12.1 Å². The molecule has 2 aliphatic heterocycles. The molecule has 1 fully saturated rings. The van der Waals surface area contributed by atoms with Gasteiger partial charge in [-0.3, -0.25) is 39.0 Å². The minimum absolute atomic E-state index is 0.129. The van der Waals surface area contributed by atoms with Crippen molar-refractivity contribution in [2.45, 2.75) is 31.7 Å². The highest BCUT2D eigenvalue weighted by Gasteiger charge is 2.44. The number of imide groups is 2. The van der Waals surface area contributed by atoms with E-state index in [4.69, 9.17) is 10.2 Å². The lowest BCUT2D eigenvalue weighted by Gasteiger charge is -2.27. The first-order valence-corrected chi connectivity index (χ1v) is 7.96. The third kappa shape index (κ3) is 4.54. The SMILES string of the molecule is O=C(O)CCC(=O)O.O=C1CCC(N2C(=O)c3ccccc3C2=O)C(=O)N1. The number of hydrogen-bond donors (Lipinski definition) is 3. The second kappa shape index (κ2) is 8.21. The molecule has 10 heteroatoms. The number of carboxylic acids is 2. The van der Waals surface area contributed by atoms with Crippen molar-refractivity contribution >= 4 is 35.6 Å². The Morgan fingerprint density at radius 1 is 0.963 bits per heavy atom. The van der Waals surface area contributed by atoms with Crippen LogP contribution in [0.15, 0.2) is 24.3 Å². The number of carboxylic acid groups (broad SMARTS) is 2. The largest absolute Gasteiger partial charge is 0.481 e. The number of carbonyl (C=O) groups excluding carboxylic acids is 4. The van der Waals surface area contributed by atoms with E-state index in [2.05, 4.69) is 5.32 Å². The predicted molar refractivity (Wildman–Crippen MR) is 87.6 cm³/mol. The van der Waals surface area contributed by atoms with Crippen molar-refractivity contribution in [3.63, 3.8) is 0 Å². The molecule has 3 rings (SSSR count). The van der Waals surface area contributed by atoms with Gasteiger partial charge in [0, 0.05) is 6.42 Å². The van der Waals surface area contributed by atoms with Crippen LogP contribution in [0.25, 0.3) is 0 Å². The van der Waals surface area contributed by atoms with E-state index in [9.17, 15) is 28.8 Å². The summed E-state index contributed by atoms with van der Waals surface area (Å²) < 4.78 is 0. The summed E-state index contributed by atoms with van der Waals surface area (Å²) in [7, 11) is 0. The highest BCUT2D eigenvalue weighted by atomic mass is 16.4. The minimum atomic E-state index is -1.08. The monoisotopic (exact) mass is 376 g/mol. The summed E-state index contributed by atoms with van der Waals surface area (Å²) in [5.74, 6) is -4.08. The lowest BCUT2D eigenvalue weighted by molar-refractivity contribution is -0.143. The van der Waals surface area contributed by atoms with Gasteiger partial charge in [-0.15, -0.1) is 0 Å². The lowest BCUT2D eigenvalue weighted by Crippen LogP contribution is -2.54. The van der Waals surface area contributed by atoms with Crippen LogP contribution in [0.1, 0.15) is 46.4 Å². The number of piperidine rings is 1. The molecule has 1 saturated heterocycles. The molecule has 0 radical (unpaired) electrons. The summed E-state index contributed by atoms with van der Waals surface area (Å²) in [4.78, 5) is 67.4. The zero-order valence-corrected chi connectivity index (χ0v) is 14.0. The molecule has 2 heterocycles. The van der Waals surface area contributed by atoms with Gasteiger partial charge in [0.05, 0.1) is 24.0 Å². The Bertz CT molecular complexity index is 783. The number of nitrogens with zero attached hydrogens (tertiary/aromatic N) is 1. The Labute approximate surface area is 152 Å². The third-order valence-electron chi connectivity index (χ3n) is 3.90. The molecule has 1 aromatic rings. The number of hydrogen-bond acceptors (Lipinski definition) is 6. The average molecular weight is 376 g/mol. The van der Waals surface area contributed by atoms with Gasteiger partial charge >= 0.3 is 11.9 Å². The molecule has 0 aromatic heterocycles. The van der Waals surface area contributed by atoms with E-state index >= 15 is 0 Å². The van der Waals surface area contributed by atoms with E-state index in [0.717, 1.165) is 4.90 Å². The quantitative estimate of drug-likeness (QED) is 0.621. The summed E-state index contributed by atoms with van der Waals surface area (Å²) in [5, 5.41) is 17.9. The number of aliphatic carboxylic acids is 2. The van der Waals surface area contributed by atoms with Crippen LogP contribution in [0, 0.1) is 0 Å². The van der Waals surface area contributed by atoms with E-state index in [1.807, 2.05) is 0 Å². The highest BCUT2D eigenvalue weighted by Crippen LogP contribution is 2.26. The van der Waals surface area contributed by atoms with Crippen LogP contribution in [0.2, 0.25) is 0 Å². The van der Waals surface area contributed by atoms with Crippen molar-refractivity contribution < 1.29 is 39.0 Å². The molecule has 142 valence electrons. The molecule has 1 aromatic carbocycles. The molecule has 0 saturated carbocycles. The van der Waals surface area contributed by atoms with Crippen LogP contribution in [-0.2, 0) is 19.2 Å². The first-order chi connectivity index (χ1) is 12.7. The third-order valence-corrected chi connectivity index (χ3v) is 3.90. The first-order valence-electron chi connectivity index (χ1n) is 7.96. The van der Waals surface area contributed by atoms with Gasteiger partial charge < -0.3 is 10.2 Å². The summed E-state index contributed by atoms with van der Waals surface area (Å²) in [6.07, 6.45) is -0.287. The summed E-state index contributed by atoms with van der Waals surface area (Å²) >= 11 is 0. The van der Waals surface area contributed by atoms with E-state index in [-0.39, 0.29) is 31.6 Å². The van der Waals surface area contributed by atoms with Crippen molar-refractivity contribution in [3.05, 3.63) is 35.4 Å². The maximum Gasteiger partial charge on any atom is 0.303 e. The second-order valence-corrected chi connectivity index (χ2v) is 5.78. The van der Waals surface area contributed by atoms with Crippen molar-refractivity contribution in [2.75, 3.05) is 0 Å². The fraction of sp³-hybridized carbons (Fsp3) is 0.294. The van der Waals surface area contributed by atoms with Crippen LogP contribution < -0.4 is 5.32 Å². The van der Waals surface area contributed by atoms with Crippen molar-refractivity contribution in [1.29, 1.82) is 0 Å². The average Bonchev–Trinajstić information content (AvgIpc) is 2.86. The van der Waals surface area contributed by atoms with Crippen molar-refractivity contribution in [1.82, 2.24) is 10.2 Å². The molecule has 0 aliphatic carbocycles. The first kappa shape index (κ1) is 19.8. The second-order valence-electron chi connectivity index (χ2n) is 5.78. The number of benzene rings is 1. The zero-order chi connectivity index (χ0) is 20.1. The van der Waals surface area contributed by atoms with Gasteiger partial charge in [-0.2, -0.15) is 0 Å². The molecule has 2 aliphatic rings. The molecule has 10 nitrogen and oxygen atoms in total. The Kier molecular flexibility index (Phi) is 6.01. The van der Waals surface area contributed by atoms with Crippen LogP contribution >= 0.6 is 0 Å². The molecule has 1 unspecified atom stereocenters. The van der Waals surface area contributed by atoms with Crippen molar-refractivity contribution in [3.8, 4) is 0 Å². The number of carbonyl (C=O) groups is 6. The molecular formula is C17H16N2O8. The molecule has 1 atom stereocenters. The molecule has 4 amide bonds. The number of amides is 4. The number of nitrogens with one attached hydrogen (secondary N) is 1. The molecule has 3 N–H and O–H groups in total. The fourth-order valence-corrected chi connectivity index (χ4v) is 2.63. The fourth-order valence-electron chi connectivity index (χ4n) is 2.63. The summed E-state index contributed by atoms with van der Waals surface area (Å²) in [6, 6.07) is 5.55. The van der Waals surface area contributed by atoms with Gasteiger partial charge in [0.1, 0.15) is 6.04 Å². The van der Waals surface area contributed by atoms with Crippen LogP contribution in [0.3, 0.4) is 0 Å². The van der Waals surface area contributed by atoms with Crippen molar-refractivity contribution in [2.24, 2.45) is 0 Å². The Morgan fingerprint density at radius 3 is 1.85 bits per heavy atom. The molecule has 0 bridgehead atoms. The van der Waals surface area contributed by atoms with Gasteiger partial charge in [0.15, 0.2) is 0 Å². The van der Waals surface area contributed by atoms with Gasteiger partial charge in [0.25, 0.3) is 11.8 Å². The zero-order valence-electron chi connectivity index (χ0n) is 14.0. The number of rotatable bonds is 4. The minimum Gasteiger partial charge on any atom is -0.481 e. The standard InChI is InChI=1S/C13H10N2O4.C4H6O4/c16-10-6-5-9(11(17)14-10)15-12(18)7-3-1-2-4-8(7)13(15)19;5-3(6)1-2-4(7)8/h1-4,9H,5-6H2,(H,14,16,17);1-2H2,(H,5,6)(H,7,8). The Morgan fingerprint density at radius 2 is 1.44 bits per heavy atom. The highest BCUT2D eigenvalue weighted by molar-refractivity contribution is 6.23. The summed E-state index contributed by atoms with van der Waals surface area (Å²) in [6.45, 7) is 0. The Hall–Kier alpha value is -3.56. The van der Waals surface area contributed by atoms with Gasteiger partial charge in [0.2, 0.25) is 11.8 Å². The van der Waals surface area contributed by atoms with Gasteiger partial charge in [-0.25, -0.2) is 0 Å². The molecular weight excluding hydrogens is 360 g/mol. The van der Waals surface area contributed by atoms with Crippen LogP contribution in [0.4, 0.5) is 0 Å². The van der Waals surface area contributed by atoms with E-state index in [1.165, 1.54) is 0 Å². The smallest absolute Gasteiger partial charge is 0.303 e. The predicted octanol–water partition coefficient (Wildman–Crippen LogP) is 0.0236. The van der Waals surface area contributed by atoms with E-state index < -0.39 is 35.7 Å². The van der Waals surface area contributed by atoms with Crippen LogP contribution in [-0.4, -0.2) is 56.7 Å². The molecule has 0 spiro atoms. The molecule has 27 heavy (non-hydrogen) atoms. The Balaban J connectivity index is 0.000000279. The maximum atomic E-state index is 12.2. The number of fused-ring (bicyclic) bond motifs is 1. The topological polar surface area (TPSA) is 158 Å². The normalized spacial score (nSPS) is 18.4.